The summed E-state index contributed by atoms with van der Waals surface area (Å²) >= 11 is 0. The Hall–Kier alpha value is -3.35. The minimum atomic E-state index is 0.0544. The number of carbonyl (C=O) groups is 1. The summed E-state index contributed by atoms with van der Waals surface area (Å²) in [5.41, 5.74) is 4.45. The van der Waals surface area contributed by atoms with Gasteiger partial charge in [-0.25, -0.2) is 0 Å². The van der Waals surface area contributed by atoms with Gasteiger partial charge >= 0.3 is 0 Å². The fourth-order valence-corrected chi connectivity index (χ4v) is 4.14. The van der Waals surface area contributed by atoms with Gasteiger partial charge in [0.15, 0.2) is 0 Å². The Morgan fingerprint density at radius 2 is 1.83 bits per heavy atom. The van der Waals surface area contributed by atoms with E-state index < -0.39 is 0 Å². The second kappa shape index (κ2) is 8.18. The highest BCUT2D eigenvalue weighted by atomic mass is 16.1. The van der Waals surface area contributed by atoms with E-state index in [1.54, 1.807) is 0 Å². The SMILES string of the molecule is O=CCN1CCNC[C@@H]1n1cc(-c2ccc(-c3cncc4ccccc34)cc2)cn1. The van der Waals surface area contributed by atoms with Gasteiger partial charge in [0.2, 0.25) is 0 Å². The third kappa shape index (κ3) is 3.51. The molecule has 6 heteroatoms. The van der Waals surface area contributed by atoms with E-state index in [1.165, 1.54) is 5.39 Å². The molecule has 150 valence electrons. The first-order valence-electron chi connectivity index (χ1n) is 10.2. The summed E-state index contributed by atoms with van der Waals surface area (Å²) in [6, 6.07) is 16.8. The molecule has 0 bridgehead atoms. The van der Waals surface area contributed by atoms with Gasteiger partial charge in [0.05, 0.1) is 12.7 Å². The van der Waals surface area contributed by atoms with E-state index in [0.29, 0.717) is 6.54 Å². The third-order valence-corrected chi connectivity index (χ3v) is 5.74. The van der Waals surface area contributed by atoms with E-state index in [-0.39, 0.29) is 6.17 Å². The summed E-state index contributed by atoms with van der Waals surface area (Å²) < 4.78 is 1.95. The molecule has 1 atom stereocenters. The van der Waals surface area contributed by atoms with Crippen LogP contribution in [0.25, 0.3) is 33.0 Å². The van der Waals surface area contributed by atoms with Crippen LogP contribution in [0.4, 0.5) is 0 Å². The summed E-state index contributed by atoms with van der Waals surface area (Å²) in [5, 5.41) is 10.3. The minimum Gasteiger partial charge on any atom is -0.312 e. The molecule has 4 aromatic rings. The molecule has 0 amide bonds. The molecular weight excluding hydrogens is 374 g/mol. The number of nitrogens with one attached hydrogen (secondary N) is 1. The van der Waals surface area contributed by atoms with Crippen molar-refractivity contribution in [2.45, 2.75) is 6.17 Å². The summed E-state index contributed by atoms with van der Waals surface area (Å²) in [6.45, 7) is 2.94. The van der Waals surface area contributed by atoms with Gasteiger partial charge in [-0.2, -0.15) is 5.10 Å². The number of hydrogen-bond donors (Lipinski definition) is 1. The van der Waals surface area contributed by atoms with Gasteiger partial charge < -0.3 is 10.1 Å². The molecule has 3 heterocycles. The third-order valence-electron chi connectivity index (χ3n) is 5.74. The minimum absolute atomic E-state index is 0.0544. The molecule has 0 aliphatic carbocycles. The first-order chi connectivity index (χ1) is 14.8. The molecule has 30 heavy (non-hydrogen) atoms. The summed E-state index contributed by atoms with van der Waals surface area (Å²) in [5.74, 6) is 0. The molecule has 0 spiro atoms. The highest BCUT2D eigenvalue weighted by molar-refractivity contribution is 5.95. The number of carbonyl (C=O) groups excluding carboxylic acids is 1. The summed E-state index contributed by atoms with van der Waals surface area (Å²) in [7, 11) is 0. The maximum absolute atomic E-state index is 11.0. The smallest absolute Gasteiger partial charge is 0.134 e. The number of aldehydes is 1. The lowest BCUT2D eigenvalue weighted by atomic mass is 9.99. The largest absolute Gasteiger partial charge is 0.312 e. The molecule has 1 aliphatic rings. The van der Waals surface area contributed by atoms with Crippen molar-refractivity contribution in [1.29, 1.82) is 0 Å². The van der Waals surface area contributed by atoms with Gasteiger partial charge in [0.25, 0.3) is 0 Å². The van der Waals surface area contributed by atoms with Gasteiger partial charge in [-0.15, -0.1) is 0 Å². The van der Waals surface area contributed by atoms with Gasteiger partial charge in [0, 0.05) is 54.7 Å². The molecule has 1 fully saturated rings. The Bertz CT molecular complexity index is 1160. The fraction of sp³-hybridized carbons (Fsp3) is 0.208. The van der Waals surface area contributed by atoms with Crippen LogP contribution in [-0.2, 0) is 4.79 Å². The number of pyridine rings is 1. The van der Waals surface area contributed by atoms with Crippen molar-refractivity contribution >= 4 is 17.1 Å². The molecule has 2 aromatic heterocycles. The molecule has 2 aromatic carbocycles. The highest BCUT2D eigenvalue weighted by Gasteiger charge is 2.24. The van der Waals surface area contributed by atoms with E-state index >= 15 is 0 Å². The van der Waals surface area contributed by atoms with Crippen LogP contribution in [0.5, 0.6) is 0 Å². The van der Waals surface area contributed by atoms with Crippen molar-refractivity contribution in [1.82, 2.24) is 25.0 Å². The number of aromatic nitrogens is 3. The number of piperazine rings is 1. The Morgan fingerprint density at radius 3 is 2.70 bits per heavy atom. The van der Waals surface area contributed by atoms with Crippen LogP contribution in [0.3, 0.4) is 0 Å². The molecule has 0 unspecified atom stereocenters. The van der Waals surface area contributed by atoms with Gasteiger partial charge in [-0.05, 0) is 16.5 Å². The molecular formula is C24H23N5O. The number of fused-ring (bicyclic) bond motifs is 1. The zero-order valence-electron chi connectivity index (χ0n) is 16.6. The number of rotatable bonds is 5. The molecule has 5 rings (SSSR count). The van der Waals surface area contributed by atoms with Crippen LogP contribution < -0.4 is 5.32 Å². The quantitative estimate of drug-likeness (QED) is 0.523. The van der Waals surface area contributed by atoms with E-state index in [1.807, 2.05) is 29.3 Å². The van der Waals surface area contributed by atoms with Crippen molar-refractivity contribution in [2.24, 2.45) is 0 Å². The Kier molecular flexibility index (Phi) is 5.09. The fourth-order valence-electron chi connectivity index (χ4n) is 4.14. The van der Waals surface area contributed by atoms with Crippen molar-refractivity contribution in [2.75, 3.05) is 26.2 Å². The zero-order valence-corrected chi connectivity index (χ0v) is 16.6. The lowest BCUT2D eigenvalue weighted by molar-refractivity contribution is -0.110. The van der Waals surface area contributed by atoms with Crippen molar-refractivity contribution in [3.05, 3.63) is 73.3 Å². The van der Waals surface area contributed by atoms with Crippen LogP contribution in [0.2, 0.25) is 0 Å². The van der Waals surface area contributed by atoms with Crippen LogP contribution in [0.1, 0.15) is 6.17 Å². The maximum Gasteiger partial charge on any atom is 0.134 e. The van der Waals surface area contributed by atoms with Crippen LogP contribution in [0.15, 0.2) is 73.3 Å². The van der Waals surface area contributed by atoms with E-state index in [9.17, 15) is 4.79 Å². The van der Waals surface area contributed by atoms with Gasteiger partial charge in [-0.1, -0.05) is 48.5 Å². The van der Waals surface area contributed by atoms with E-state index in [2.05, 4.69) is 69.0 Å². The normalized spacial score (nSPS) is 17.3. The molecule has 6 nitrogen and oxygen atoms in total. The van der Waals surface area contributed by atoms with Gasteiger partial charge in [0.1, 0.15) is 12.5 Å². The highest BCUT2D eigenvalue weighted by Crippen LogP contribution is 2.30. The molecule has 0 radical (unpaired) electrons. The predicted octanol–water partition coefficient (Wildman–Crippen LogP) is 3.37. The zero-order chi connectivity index (χ0) is 20.3. The van der Waals surface area contributed by atoms with Crippen molar-refractivity contribution in [3.8, 4) is 22.3 Å². The lowest BCUT2D eigenvalue weighted by Crippen LogP contribution is -2.49. The molecule has 0 saturated carbocycles. The molecule has 1 saturated heterocycles. The summed E-state index contributed by atoms with van der Waals surface area (Å²) in [6.07, 6.45) is 8.79. The first kappa shape index (κ1) is 18.7. The number of nitrogens with zero attached hydrogens (tertiary/aromatic N) is 4. The Morgan fingerprint density at radius 1 is 1.00 bits per heavy atom. The van der Waals surface area contributed by atoms with Crippen molar-refractivity contribution in [3.63, 3.8) is 0 Å². The average molecular weight is 397 g/mol. The lowest BCUT2D eigenvalue weighted by Gasteiger charge is -2.34. The summed E-state index contributed by atoms with van der Waals surface area (Å²) in [4.78, 5) is 17.6. The molecule has 1 aliphatic heterocycles. The Balaban J connectivity index is 1.42. The topological polar surface area (TPSA) is 63.1 Å². The van der Waals surface area contributed by atoms with Crippen LogP contribution in [0, 0.1) is 0 Å². The van der Waals surface area contributed by atoms with Crippen LogP contribution >= 0.6 is 0 Å². The molecule has 1 N–H and O–H groups in total. The Labute approximate surface area is 175 Å². The number of benzene rings is 2. The van der Waals surface area contributed by atoms with Gasteiger partial charge in [-0.3, -0.25) is 14.6 Å². The number of hydrogen-bond acceptors (Lipinski definition) is 5. The predicted molar refractivity (Wildman–Crippen MR) is 118 cm³/mol. The average Bonchev–Trinajstić information content (AvgIpc) is 3.30. The van der Waals surface area contributed by atoms with E-state index in [4.69, 9.17) is 0 Å². The van der Waals surface area contributed by atoms with E-state index in [0.717, 1.165) is 53.6 Å². The second-order valence-corrected chi connectivity index (χ2v) is 7.54. The second-order valence-electron chi connectivity index (χ2n) is 7.54. The maximum atomic E-state index is 11.0. The monoisotopic (exact) mass is 397 g/mol. The first-order valence-corrected chi connectivity index (χ1v) is 10.2. The van der Waals surface area contributed by atoms with Crippen molar-refractivity contribution < 1.29 is 4.79 Å². The van der Waals surface area contributed by atoms with Crippen LogP contribution in [-0.4, -0.2) is 52.1 Å². The standard InChI is InChI=1S/C24H23N5O/c30-12-11-28-10-9-25-16-24(28)29-17-21(14-27-29)18-5-7-19(8-6-18)23-15-26-13-20-3-1-2-4-22(20)23/h1-8,12-15,17,24-25H,9-11,16H2/t24-/m0/s1.